The molecule has 6 nitrogen and oxygen atoms in total. The van der Waals surface area contributed by atoms with Gasteiger partial charge < -0.3 is 23.5 Å². The van der Waals surface area contributed by atoms with Gasteiger partial charge in [0.1, 0.15) is 5.52 Å². The average Bonchev–Trinajstić information content (AvgIpc) is 3.33. The largest absolute Gasteiger partial charge is 0.423 e. The lowest BCUT2D eigenvalue weighted by atomic mass is 10.0. The summed E-state index contributed by atoms with van der Waals surface area (Å²) in [5.41, 5.74) is 7.07. The number of morpholine rings is 1. The minimum Gasteiger partial charge on any atom is -0.423 e. The second-order valence-corrected chi connectivity index (χ2v) is 7.92. The van der Waals surface area contributed by atoms with Gasteiger partial charge in [-0.1, -0.05) is 18.2 Å². The lowest BCUT2D eigenvalue weighted by Gasteiger charge is -2.28. The van der Waals surface area contributed by atoms with Crippen molar-refractivity contribution < 1.29 is 9.15 Å². The second kappa shape index (κ2) is 6.52. The number of oxazole rings is 1. The SMILES string of the molecule is Cn1c2c(c3ccccc31)CCN(c1nc3ccc(N4CCOCC4)cc3o1)C2. The normalized spacial score (nSPS) is 17.3. The van der Waals surface area contributed by atoms with Crippen LogP contribution >= 0.6 is 0 Å². The van der Waals surface area contributed by atoms with Crippen molar-refractivity contribution in [3.63, 3.8) is 0 Å². The zero-order chi connectivity index (χ0) is 19.4. The van der Waals surface area contributed by atoms with Gasteiger partial charge in [-0.2, -0.15) is 4.98 Å². The predicted octanol–water partition coefficient (Wildman–Crippen LogP) is 3.72. The third kappa shape index (κ3) is 2.70. The van der Waals surface area contributed by atoms with Crippen molar-refractivity contribution >= 4 is 33.7 Å². The molecule has 29 heavy (non-hydrogen) atoms. The van der Waals surface area contributed by atoms with Crippen LogP contribution in [0.3, 0.4) is 0 Å². The molecule has 2 aromatic carbocycles. The van der Waals surface area contributed by atoms with E-state index in [-0.39, 0.29) is 0 Å². The van der Waals surface area contributed by atoms with Crippen LogP contribution < -0.4 is 9.80 Å². The van der Waals surface area contributed by atoms with Crippen LogP contribution in [0.25, 0.3) is 22.0 Å². The fraction of sp³-hybridized carbons (Fsp3) is 0.348. The second-order valence-electron chi connectivity index (χ2n) is 7.92. The van der Waals surface area contributed by atoms with E-state index in [1.807, 2.05) is 0 Å². The molecule has 0 radical (unpaired) electrons. The highest BCUT2D eigenvalue weighted by Crippen LogP contribution is 2.33. The van der Waals surface area contributed by atoms with Crippen molar-refractivity contribution in [3.8, 4) is 0 Å². The number of anilines is 2. The van der Waals surface area contributed by atoms with E-state index in [0.29, 0.717) is 0 Å². The van der Waals surface area contributed by atoms with E-state index >= 15 is 0 Å². The van der Waals surface area contributed by atoms with Gasteiger partial charge in [0.2, 0.25) is 0 Å². The number of ether oxygens (including phenoxy) is 1. The van der Waals surface area contributed by atoms with Crippen molar-refractivity contribution in [3.05, 3.63) is 53.7 Å². The van der Waals surface area contributed by atoms with Crippen LogP contribution in [0.15, 0.2) is 46.9 Å². The number of benzene rings is 2. The van der Waals surface area contributed by atoms with E-state index in [4.69, 9.17) is 14.1 Å². The number of hydrogen-bond donors (Lipinski definition) is 0. The van der Waals surface area contributed by atoms with Crippen molar-refractivity contribution in [1.29, 1.82) is 0 Å². The summed E-state index contributed by atoms with van der Waals surface area (Å²) in [5, 5.41) is 1.37. The molecule has 4 aromatic rings. The summed E-state index contributed by atoms with van der Waals surface area (Å²) in [6.45, 7) is 5.14. The fourth-order valence-corrected chi connectivity index (χ4v) is 4.73. The maximum atomic E-state index is 6.22. The quantitative estimate of drug-likeness (QED) is 0.524. The summed E-state index contributed by atoms with van der Waals surface area (Å²) in [7, 11) is 2.16. The van der Waals surface area contributed by atoms with Crippen molar-refractivity contribution in [2.45, 2.75) is 13.0 Å². The lowest BCUT2D eigenvalue weighted by molar-refractivity contribution is 0.122. The Hall–Kier alpha value is -2.99. The first kappa shape index (κ1) is 16.9. The summed E-state index contributed by atoms with van der Waals surface area (Å²) in [4.78, 5) is 9.39. The Bertz CT molecular complexity index is 1200. The molecule has 0 aliphatic carbocycles. The van der Waals surface area contributed by atoms with E-state index < -0.39 is 0 Å². The average molecular weight is 388 g/mol. The number of nitrogens with zero attached hydrogens (tertiary/aromatic N) is 4. The molecule has 0 spiro atoms. The molecule has 4 heterocycles. The maximum Gasteiger partial charge on any atom is 0.298 e. The molecular weight excluding hydrogens is 364 g/mol. The van der Waals surface area contributed by atoms with Gasteiger partial charge in [-0.15, -0.1) is 0 Å². The number of rotatable bonds is 2. The Morgan fingerprint density at radius 2 is 1.83 bits per heavy atom. The predicted molar refractivity (Wildman–Crippen MR) is 115 cm³/mol. The molecule has 0 N–H and O–H groups in total. The number of para-hydroxylation sites is 1. The Morgan fingerprint density at radius 3 is 2.72 bits per heavy atom. The molecule has 0 atom stereocenters. The summed E-state index contributed by atoms with van der Waals surface area (Å²) in [6.07, 6.45) is 1.01. The summed E-state index contributed by atoms with van der Waals surface area (Å²) in [6, 6.07) is 15.7. The number of fused-ring (bicyclic) bond motifs is 4. The van der Waals surface area contributed by atoms with E-state index in [9.17, 15) is 0 Å². The van der Waals surface area contributed by atoms with Crippen LogP contribution in [0, 0.1) is 0 Å². The van der Waals surface area contributed by atoms with Crippen LogP contribution in [-0.4, -0.2) is 42.4 Å². The molecule has 6 rings (SSSR count). The van der Waals surface area contributed by atoms with Crippen LogP contribution in [-0.2, 0) is 24.8 Å². The Morgan fingerprint density at radius 1 is 0.966 bits per heavy atom. The molecule has 2 aromatic heterocycles. The first-order valence-electron chi connectivity index (χ1n) is 10.3. The monoisotopic (exact) mass is 388 g/mol. The zero-order valence-corrected chi connectivity index (χ0v) is 16.6. The van der Waals surface area contributed by atoms with Gasteiger partial charge >= 0.3 is 0 Å². The Labute approximate surface area is 169 Å². The summed E-state index contributed by atoms with van der Waals surface area (Å²) in [5.74, 6) is 0. The van der Waals surface area contributed by atoms with Gasteiger partial charge in [-0.05, 0) is 30.2 Å². The van der Waals surface area contributed by atoms with Gasteiger partial charge in [0.05, 0.1) is 19.8 Å². The molecule has 0 bridgehead atoms. The van der Waals surface area contributed by atoms with Crippen LogP contribution in [0.5, 0.6) is 0 Å². The first-order valence-corrected chi connectivity index (χ1v) is 10.3. The third-order valence-corrected chi connectivity index (χ3v) is 6.32. The minimum atomic E-state index is 0.718. The van der Waals surface area contributed by atoms with Crippen LogP contribution in [0.4, 0.5) is 11.7 Å². The van der Waals surface area contributed by atoms with Crippen molar-refractivity contribution in [1.82, 2.24) is 9.55 Å². The van der Waals surface area contributed by atoms with E-state index in [1.54, 1.807) is 0 Å². The minimum absolute atomic E-state index is 0.718. The highest BCUT2D eigenvalue weighted by atomic mass is 16.5. The van der Waals surface area contributed by atoms with Gasteiger partial charge in [0, 0.05) is 55.0 Å². The Balaban J connectivity index is 1.33. The van der Waals surface area contributed by atoms with Crippen molar-refractivity contribution in [2.24, 2.45) is 7.05 Å². The van der Waals surface area contributed by atoms with Gasteiger partial charge in [-0.25, -0.2) is 0 Å². The molecule has 2 aliphatic heterocycles. The molecule has 0 saturated carbocycles. The van der Waals surface area contributed by atoms with Gasteiger partial charge in [-0.3, -0.25) is 0 Å². The number of hydrogen-bond acceptors (Lipinski definition) is 5. The van der Waals surface area contributed by atoms with Crippen LogP contribution in [0.2, 0.25) is 0 Å². The molecule has 1 fully saturated rings. The summed E-state index contributed by atoms with van der Waals surface area (Å²) < 4.78 is 14.0. The number of aryl methyl sites for hydroxylation is 1. The Kier molecular flexibility index (Phi) is 3.81. The number of aromatic nitrogens is 2. The van der Waals surface area contributed by atoms with Crippen molar-refractivity contribution in [2.75, 3.05) is 42.6 Å². The molecule has 0 amide bonds. The standard InChI is InChI=1S/C23H24N4O2/c1-25-20-5-3-2-4-17(20)18-8-9-27(15-21(18)25)23-24-19-7-6-16(14-22(19)29-23)26-10-12-28-13-11-26/h2-7,14H,8-13,15H2,1H3. The van der Waals surface area contributed by atoms with Gasteiger partial charge in [0.15, 0.2) is 5.58 Å². The molecule has 6 heteroatoms. The highest BCUT2D eigenvalue weighted by Gasteiger charge is 2.25. The molecule has 2 aliphatic rings. The van der Waals surface area contributed by atoms with Crippen LogP contribution in [0.1, 0.15) is 11.3 Å². The van der Waals surface area contributed by atoms with Gasteiger partial charge in [0.25, 0.3) is 6.01 Å². The first-order chi connectivity index (χ1) is 14.3. The fourth-order valence-electron chi connectivity index (χ4n) is 4.73. The zero-order valence-electron chi connectivity index (χ0n) is 16.6. The molecule has 0 unspecified atom stereocenters. The van der Waals surface area contributed by atoms with E-state index in [1.165, 1.54) is 27.8 Å². The topological polar surface area (TPSA) is 46.7 Å². The van der Waals surface area contributed by atoms with E-state index in [2.05, 4.69) is 63.9 Å². The smallest absolute Gasteiger partial charge is 0.298 e. The maximum absolute atomic E-state index is 6.22. The lowest BCUT2D eigenvalue weighted by Crippen LogP contribution is -2.36. The molecular formula is C23H24N4O2. The highest BCUT2D eigenvalue weighted by molar-refractivity contribution is 5.86. The van der Waals surface area contributed by atoms with E-state index in [0.717, 1.165) is 62.9 Å². The molecule has 148 valence electrons. The third-order valence-electron chi connectivity index (χ3n) is 6.32. The molecule has 1 saturated heterocycles. The summed E-state index contributed by atoms with van der Waals surface area (Å²) >= 11 is 0.